The van der Waals surface area contributed by atoms with E-state index in [1.165, 1.54) is 0 Å². The smallest absolute Gasteiger partial charge is 0.354 e. The largest absolute Gasteiger partial charge is 0.422 e. The number of rotatable bonds is 3. The predicted molar refractivity (Wildman–Crippen MR) is 96.9 cm³/mol. The molecule has 0 amide bonds. The van der Waals surface area contributed by atoms with Crippen molar-refractivity contribution in [2.75, 3.05) is 19.0 Å². The fourth-order valence-electron chi connectivity index (χ4n) is 2.52. The van der Waals surface area contributed by atoms with Crippen LogP contribution < -0.4 is 10.5 Å². The summed E-state index contributed by atoms with van der Waals surface area (Å²) >= 11 is 0. The lowest BCUT2D eigenvalue weighted by Gasteiger charge is -2.11. The van der Waals surface area contributed by atoms with E-state index in [2.05, 4.69) is 0 Å². The summed E-state index contributed by atoms with van der Waals surface area (Å²) < 4.78 is 5.20. The third kappa shape index (κ3) is 2.92. The first-order chi connectivity index (χ1) is 11.6. The molecular formula is C20H16N2O2. The number of benzene rings is 2. The molecule has 0 atom stereocenters. The van der Waals surface area contributed by atoms with Gasteiger partial charge in [-0.15, -0.1) is 0 Å². The van der Waals surface area contributed by atoms with Gasteiger partial charge in [-0.25, -0.2) is 4.79 Å². The van der Waals surface area contributed by atoms with Gasteiger partial charge in [-0.1, -0.05) is 42.5 Å². The molecule has 0 fully saturated rings. The molecule has 1 heterocycles. The molecule has 0 unspecified atom stereocenters. The number of para-hydroxylation sites is 1. The molecule has 0 aliphatic heterocycles. The summed E-state index contributed by atoms with van der Waals surface area (Å²) in [5, 5.41) is 10.0. The summed E-state index contributed by atoms with van der Waals surface area (Å²) in [5.74, 6) is 0. The standard InChI is InChI=1S/C20H16N2O2/c1-22(2)15-10-7-14(8-11-15)9-12-16-17-5-3-4-6-19(17)24-20(23)18(16)13-21/h3-12H,1-2H3/b12-9+. The maximum Gasteiger partial charge on any atom is 0.354 e. The molecule has 118 valence electrons. The van der Waals surface area contributed by atoms with E-state index in [1.54, 1.807) is 18.2 Å². The SMILES string of the molecule is CN(C)c1ccc(/C=C/c2c(C#N)c(=O)oc3ccccc23)cc1. The van der Waals surface area contributed by atoms with Crippen molar-refractivity contribution in [3.05, 3.63) is 75.6 Å². The van der Waals surface area contributed by atoms with E-state index in [1.807, 2.05) is 67.5 Å². The number of fused-ring (bicyclic) bond motifs is 1. The normalized spacial score (nSPS) is 10.9. The van der Waals surface area contributed by atoms with Gasteiger partial charge in [0.1, 0.15) is 17.2 Å². The highest BCUT2D eigenvalue weighted by Crippen LogP contribution is 2.22. The van der Waals surface area contributed by atoms with Gasteiger partial charge in [0.05, 0.1) is 0 Å². The minimum atomic E-state index is -0.612. The molecule has 0 radical (unpaired) electrons. The molecule has 0 aliphatic rings. The Labute approximate surface area is 139 Å². The molecular weight excluding hydrogens is 300 g/mol. The van der Waals surface area contributed by atoms with Gasteiger partial charge >= 0.3 is 5.63 Å². The van der Waals surface area contributed by atoms with E-state index in [0.29, 0.717) is 11.1 Å². The fraction of sp³-hybridized carbons (Fsp3) is 0.100. The lowest BCUT2D eigenvalue weighted by Crippen LogP contribution is -2.07. The Hall–Kier alpha value is -3.32. The van der Waals surface area contributed by atoms with Gasteiger partial charge < -0.3 is 9.32 Å². The van der Waals surface area contributed by atoms with Crippen molar-refractivity contribution >= 4 is 28.8 Å². The minimum absolute atomic E-state index is 0.0230. The van der Waals surface area contributed by atoms with Crippen LogP contribution in [0.3, 0.4) is 0 Å². The van der Waals surface area contributed by atoms with Crippen molar-refractivity contribution in [2.24, 2.45) is 0 Å². The molecule has 0 saturated heterocycles. The average molecular weight is 316 g/mol. The van der Waals surface area contributed by atoms with Crippen LogP contribution in [-0.4, -0.2) is 14.1 Å². The summed E-state index contributed by atoms with van der Waals surface area (Å²) in [6, 6.07) is 17.2. The molecule has 0 saturated carbocycles. The number of hydrogen-bond donors (Lipinski definition) is 0. The monoisotopic (exact) mass is 316 g/mol. The fourth-order valence-corrected chi connectivity index (χ4v) is 2.52. The maximum absolute atomic E-state index is 12.0. The first-order valence-corrected chi connectivity index (χ1v) is 7.51. The van der Waals surface area contributed by atoms with Crippen LogP contribution in [0.4, 0.5) is 5.69 Å². The molecule has 0 N–H and O–H groups in total. The molecule has 1 aromatic heterocycles. The quantitative estimate of drug-likeness (QED) is 0.688. The number of hydrogen-bond acceptors (Lipinski definition) is 4. The molecule has 4 heteroatoms. The summed E-state index contributed by atoms with van der Waals surface area (Å²) in [4.78, 5) is 14.0. The highest BCUT2D eigenvalue weighted by molar-refractivity contribution is 5.91. The Bertz CT molecular complexity index is 1010. The van der Waals surface area contributed by atoms with Gasteiger partial charge in [0.15, 0.2) is 0 Å². The van der Waals surface area contributed by atoms with Crippen molar-refractivity contribution in [3.63, 3.8) is 0 Å². The van der Waals surface area contributed by atoms with E-state index >= 15 is 0 Å². The van der Waals surface area contributed by atoms with Crippen LogP contribution >= 0.6 is 0 Å². The second kappa shape index (κ2) is 6.43. The Balaban J connectivity index is 2.09. The van der Waals surface area contributed by atoms with Crippen LogP contribution in [0.15, 0.2) is 57.7 Å². The van der Waals surface area contributed by atoms with Crippen LogP contribution in [0.5, 0.6) is 0 Å². The van der Waals surface area contributed by atoms with Crippen LogP contribution in [0.1, 0.15) is 16.7 Å². The summed E-state index contributed by atoms with van der Waals surface area (Å²) in [5.41, 5.74) is 2.57. The molecule has 0 aliphatic carbocycles. The number of anilines is 1. The van der Waals surface area contributed by atoms with Crippen molar-refractivity contribution in [1.29, 1.82) is 5.26 Å². The molecule has 4 nitrogen and oxygen atoms in total. The van der Waals surface area contributed by atoms with Crippen LogP contribution in [0.25, 0.3) is 23.1 Å². The Morgan fingerprint density at radius 3 is 2.42 bits per heavy atom. The number of nitrogens with zero attached hydrogens (tertiary/aromatic N) is 2. The second-order valence-electron chi connectivity index (χ2n) is 5.61. The molecule has 24 heavy (non-hydrogen) atoms. The summed E-state index contributed by atoms with van der Waals surface area (Å²) in [6.45, 7) is 0. The Morgan fingerprint density at radius 1 is 1.04 bits per heavy atom. The third-order valence-electron chi connectivity index (χ3n) is 3.82. The first-order valence-electron chi connectivity index (χ1n) is 7.51. The van der Waals surface area contributed by atoms with E-state index in [-0.39, 0.29) is 5.56 Å². The Morgan fingerprint density at radius 2 is 1.75 bits per heavy atom. The maximum atomic E-state index is 12.0. The molecule has 3 rings (SSSR count). The zero-order valence-electron chi connectivity index (χ0n) is 13.5. The molecule has 0 bridgehead atoms. The van der Waals surface area contributed by atoms with E-state index in [4.69, 9.17) is 4.42 Å². The van der Waals surface area contributed by atoms with Gasteiger partial charge in [0.2, 0.25) is 0 Å². The van der Waals surface area contributed by atoms with Gasteiger partial charge in [-0.3, -0.25) is 0 Å². The zero-order chi connectivity index (χ0) is 17.1. The van der Waals surface area contributed by atoms with Crippen molar-refractivity contribution < 1.29 is 4.42 Å². The highest BCUT2D eigenvalue weighted by atomic mass is 16.4. The van der Waals surface area contributed by atoms with Crippen LogP contribution in [0.2, 0.25) is 0 Å². The third-order valence-corrected chi connectivity index (χ3v) is 3.82. The predicted octanol–water partition coefficient (Wildman–Crippen LogP) is 3.90. The summed E-state index contributed by atoms with van der Waals surface area (Å²) in [6.07, 6.45) is 3.68. The highest BCUT2D eigenvalue weighted by Gasteiger charge is 2.11. The van der Waals surface area contributed by atoms with Crippen molar-refractivity contribution in [1.82, 2.24) is 0 Å². The average Bonchev–Trinajstić information content (AvgIpc) is 2.59. The topological polar surface area (TPSA) is 57.2 Å². The van der Waals surface area contributed by atoms with Gasteiger partial charge in [-0.05, 0) is 23.8 Å². The first kappa shape index (κ1) is 15.6. The van der Waals surface area contributed by atoms with Gasteiger partial charge in [-0.2, -0.15) is 5.26 Å². The number of nitriles is 1. The van der Waals surface area contributed by atoms with Crippen LogP contribution in [0, 0.1) is 11.3 Å². The van der Waals surface area contributed by atoms with Gasteiger partial charge in [0, 0.05) is 30.7 Å². The lowest BCUT2D eigenvalue weighted by atomic mass is 10.0. The zero-order valence-corrected chi connectivity index (χ0v) is 13.5. The van der Waals surface area contributed by atoms with Crippen molar-refractivity contribution in [2.45, 2.75) is 0 Å². The molecule has 3 aromatic rings. The lowest BCUT2D eigenvalue weighted by molar-refractivity contribution is 0.558. The van der Waals surface area contributed by atoms with E-state index < -0.39 is 5.63 Å². The van der Waals surface area contributed by atoms with E-state index in [0.717, 1.165) is 16.6 Å². The summed E-state index contributed by atoms with van der Waals surface area (Å²) in [7, 11) is 3.97. The molecule has 2 aromatic carbocycles. The van der Waals surface area contributed by atoms with Gasteiger partial charge in [0.25, 0.3) is 0 Å². The van der Waals surface area contributed by atoms with Crippen LogP contribution in [-0.2, 0) is 0 Å². The molecule has 0 spiro atoms. The minimum Gasteiger partial charge on any atom is -0.422 e. The van der Waals surface area contributed by atoms with Crippen molar-refractivity contribution in [3.8, 4) is 6.07 Å². The Kier molecular flexibility index (Phi) is 4.17. The van der Waals surface area contributed by atoms with E-state index in [9.17, 15) is 10.1 Å². The second-order valence-corrected chi connectivity index (χ2v) is 5.61.